The largest absolute Gasteiger partial charge is 0.416 e. The molecule has 0 saturated carbocycles. The van der Waals surface area contributed by atoms with E-state index in [2.05, 4.69) is 20.6 Å². The fourth-order valence-corrected chi connectivity index (χ4v) is 3.73. The summed E-state index contributed by atoms with van der Waals surface area (Å²) in [6.07, 6.45) is -2.03. The molecule has 8 nitrogen and oxygen atoms in total. The van der Waals surface area contributed by atoms with Gasteiger partial charge < -0.3 is 21.1 Å². The number of nitrogens with one attached hydrogen (secondary N) is 2. The zero-order valence-electron chi connectivity index (χ0n) is 18.9. The molecule has 184 valence electrons. The van der Waals surface area contributed by atoms with Crippen LogP contribution < -0.4 is 16.4 Å². The topological polar surface area (TPSA) is 126 Å². The molecule has 1 heterocycles. The summed E-state index contributed by atoms with van der Waals surface area (Å²) >= 11 is 1.21. The number of nitrogens with two attached hydrogens (primary N) is 1. The van der Waals surface area contributed by atoms with Crippen molar-refractivity contribution in [3.05, 3.63) is 41.0 Å². The van der Waals surface area contributed by atoms with E-state index in [1.807, 2.05) is 6.07 Å². The van der Waals surface area contributed by atoms with Crippen molar-refractivity contribution in [2.24, 2.45) is 0 Å². The van der Waals surface area contributed by atoms with Gasteiger partial charge in [0.2, 0.25) is 5.95 Å². The van der Waals surface area contributed by atoms with Crippen LogP contribution in [0.5, 0.6) is 0 Å². The second-order valence-electron chi connectivity index (χ2n) is 7.35. The Morgan fingerprint density at radius 2 is 2.09 bits per heavy atom. The van der Waals surface area contributed by atoms with Gasteiger partial charge in [0.15, 0.2) is 11.6 Å². The summed E-state index contributed by atoms with van der Waals surface area (Å²) in [5.74, 6) is -0.270. The first-order valence-electron chi connectivity index (χ1n) is 10.5. The maximum absolute atomic E-state index is 13.1. The van der Waals surface area contributed by atoms with Crippen molar-refractivity contribution in [1.82, 2.24) is 15.3 Å². The smallest absolute Gasteiger partial charge is 0.383 e. The Hall–Kier alpha value is -2.88. The molecule has 0 unspecified atom stereocenters. The van der Waals surface area contributed by atoms with Crippen molar-refractivity contribution in [1.29, 1.82) is 5.26 Å². The van der Waals surface area contributed by atoms with Gasteiger partial charge in [-0.1, -0.05) is 18.2 Å². The number of nitriles is 1. The summed E-state index contributed by atoms with van der Waals surface area (Å²) in [5, 5.41) is 16.1. The van der Waals surface area contributed by atoms with Crippen molar-refractivity contribution in [3.8, 4) is 6.07 Å². The Kier molecular flexibility index (Phi) is 10.6. The summed E-state index contributed by atoms with van der Waals surface area (Å²) in [5.41, 5.74) is 5.34. The Morgan fingerprint density at radius 3 is 2.74 bits per heavy atom. The van der Waals surface area contributed by atoms with E-state index in [9.17, 15) is 23.2 Å². The molecule has 0 bridgehead atoms. The van der Waals surface area contributed by atoms with Crippen LogP contribution in [0.15, 0.2) is 29.3 Å². The van der Waals surface area contributed by atoms with E-state index in [4.69, 9.17) is 10.5 Å². The van der Waals surface area contributed by atoms with Crippen LogP contribution in [-0.4, -0.2) is 54.9 Å². The first-order valence-corrected chi connectivity index (χ1v) is 11.7. The summed E-state index contributed by atoms with van der Waals surface area (Å²) < 4.78 is 44.2. The van der Waals surface area contributed by atoms with Gasteiger partial charge in [-0.3, -0.25) is 4.79 Å². The average molecular weight is 497 g/mol. The number of benzene rings is 1. The molecule has 0 fully saturated rings. The van der Waals surface area contributed by atoms with Crippen LogP contribution in [-0.2, 0) is 22.1 Å². The number of rotatable bonds is 13. The van der Waals surface area contributed by atoms with Gasteiger partial charge in [-0.25, -0.2) is 4.98 Å². The third kappa shape index (κ3) is 8.16. The van der Waals surface area contributed by atoms with E-state index in [1.54, 1.807) is 13.4 Å². The third-order valence-corrected chi connectivity index (χ3v) is 5.54. The number of thioether (sulfide) groups is 1. The number of halogens is 3. The molecule has 1 aromatic carbocycles. The molecular weight excluding hydrogens is 469 g/mol. The average Bonchev–Trinajstić information content (AvgIpc) is 2.79. The van der Waals surface area contributed by atoms with Gasteiger partial charge in [0.25, 0.3) is 0 Å². The predicted molar refractivity (Wildman–Crippen MR) is 124 cm³/mol. The monoisotopic (exact) mass is 496 g/mol. The number of anilines is 2. The summed E-state index contributed by atoms with van der Waals surface area (Å²) in [6.45, 7) is 1.79. The molecule has 0 aliphatic carbocycles. The van der Waals surface area contributed by atoms with Crippen LogP contribution in [0.1, 0.15) is 29.5 Å². The van der Waals surface area contributed by atoms with Crippen LogP contribution >= 0.6 is 11.8 Å². The van der Waals surface area contributed by atoms with Crippen LogP contribution in [0, 0.1) is 11.3 Å². The van der Waals surface area contributed by atoms with Crippen LogP contribution in [0.3, 0.4) is 0 Å². The van der Waals surface area contributed by atoms with Gasteiger partial charge in [-0.2, -0.15) is 23.4 Å². The molecule has 0 aliphatic rings. The summed E-state index contributed by atoms with van der Waals surface area (Å²) in [7, 11) is 1.59. The number of nitrogens with zero attached hydrogens (tertiary/aromatic N) is 3. The molecule has 1 aromatic heterocycles. The lowest BCUT2D eigenvalue weighted by atomic mass is 9.98. The molecule has 0 spiro atoms. The lowest BCUT2D eigenvalue weighted by molar-refractivity contribution is -0.137. The second kappa shape index (κ2) is 13.1. The fraction of sp³-hybridized carbons (Fsp3) is 0.455. The number of carbonyl (C=O) groups is 1. The van der Waals surface area contributed by atoms with E-state index in [1.165, 1.54) is 23.9 Å². The van der Waals surface area contributed by atoms with Crippen LogP contribution in [0.4, 0.5) is 24.9 Å². The number of hydrogen-bond donors (Lipinski definition) is 3. The lowest BCUT2D eigenvalue weighted by Crippen LogP contribution is -2.33. The highest BCUT2D eigenvalue weighted by molar-refractivity contribution is 7.98. The van der Waals surface area contributed by atoms with Crippen LogP contribution in [0.2, 0.25) is 0 Å². The molecule has 4 N–H and O–H groups in total. The van der Waals surface area contributed by atoms with Gasteiger partial charge in [0, 0.05) is 20.1 Å². The number of ketones is 1. The van der Waals surface area contributed by atoms with Crippen LogP contribution in [0.25, 0.3) is 0 Å². The van der Waals surface area contributed by atoms with Crippen molar-refractivity contribution in [3.63, 3.8) is 0 Å². The highest BCUT2D eigenvalue weighted by Gasteiger charge is 2.31. The molecule has 0 aliphatic heterocycles. The van der Waals surface area contributed by atoms with E-state index in [0.29, 0.717) is 37.6 Å². The molecular formula is C22H27F3N6O2S. The number of ether oxygens (including phenoxy) is 1. The highest BCUT2D eigenvalue weighted by Crippen LogP contribution is 2.30. The van der Waals surface area contributed by atoms with E-state index < -0.39 is 17.8 Å². The Balaban J connectivity index is 2.23. The molecule has 1 atom stereocenters. The van der Waals surface area contributed by atoms with Crippen molar-refractivity contribution in [2.75, 3.05) is 44.1 Å². The maximum Gasteiger partial charge on any atom is 0.416 e. The van der Waals surface area contributed by atoms with E-state index in [-0.39, 0.29) is 35.1 Å². The normalized spacial score (nSPS) is 12.2. The molecule has 0 amide bonds. The second-order valence-corrected chi connectivity index (χ2v) is 8.14. The summed E-state index contributed by atoms with van der Waals surface area (Å²) in [6, 6.07) is 5.91. The highest BCUT2D eigenvalue weighted by atomic mass is 32.2. The number of alkyl halides is 3. The third-order valence-electron chi connectivity index (χ3n) is 4.86. The quantitative estimate of drug-likeness (QED) is 0.218. The molecule has 0 saturated heterocycles. The molecule has 34 heavy (non-hydrogen) atoms. The predicted octanol–water partition coefficient (Wildman–Crippen LogP) is 3.28. The number of hydrogen-bond acceptors (Lipinski definition) is 9. The van der Waals surface area contributed by atoms with E-state index >= 15 is 0 Å². The SMILES string of the molecule is COCCNCCC[C@H](Nc1nc(N)nc(SC)c1C#N)C(=O)Cc1cccc(C(F)(F)F)c1. The number of aromatic nitrogens is 2. The zero-order valence-corrected chi connectivity index (χ0v) is 19.7. The van der Waals surface area contributed by atoms with Gasteiger partial charge in [-0.05, 0) is 37.3 Å². The number of methoxy groups -OCH3 is 1. The first-order chi connectivity index (χ1) is 16.2. The fourth-order valence-electron chi connectivity index (χ4n) is 3.20. The van der Waals surface area contributed by atoms with E-state index in [0.717, 1.165) is 12.1 Å². The van der Waals surface area contributed by atoms with Crippen molar-refractivity contribution in [2.45, 2.75) is 36.5 Å². The van der Waals surface area contributed by atoms with Gasteiger partial charge in [-0.15, -0.1) is 11.8 Å². The lowest BCUT2D eigenvalue weighted by Gasteiger charge is -2.20. The molecule has 12 heteroatoms. The van der Waals surface area contributed by atoms with Gasteiger partial charge in [0.05, 0.1) is 18.2 Å². The minimum atomic E-state index is -4.50. The molecule has 2 aromatic rings. The Morgan fingerprint density at radius 1 is 1.32 bits per heavy atom. The zero-order chi connectivity index (χ0) is 25.1. The van der Waals surface area contributed by atoms with Gasteiger partial charge >= 0.3 is 6.18 Å². The summed E-state index contributed by atoms with van der Waals surface area (Å²) in [4.78, 5) is 21.3. The number of carbonyl (C=O) groups excluding carboxylic acids is 1. The maximum atomic E-state index is 13.1. The number of Topliss-reactive ketones (excluding diaryl/α,β-unsaturated/α-hetero) is 1. The van der Waals surface area contributed by atoms with Gasteiger partial charge in [0.1, 0.15) is 16.7 Å². The first kappa shape index (κ1) is 27.4. The molecule has 0 radical (unpaired) electrons. The minimum Gasteiger partial charge on any atom is -0.383 e. The number of nitrogen functional groups attached to an aromatic ring is 1. The van der Waals surface area contributed by atoms with Crippen molar-refractivity contribution < 1.29 is 22.7 Å². The van der Waals surface area contributed by atoms with Crippen molar-refractivity contribution >= 4 is 29.3 Å². The Bertz CT molecular complexity index is 1010. The minimum absolute atomic E-state index is 0.0591. The standard InChI is InChI=1S/C22H27F3N6O2S/c1-33-10-9-28-8-4-7-17(29-19-16(13-26)20(34-2)31-21(27)30-19)18(32)12-14-5-3-6-15(11-14)22(23,24)25/h3,5-6,11,17,28H,4,7-10,12H2,1-2H3,(H3,27,29,30,31)/t17-/m0/s1. The molecule has 2 rings (SSSR count). The Labute approximate surface area is 200 Å².